The molecule has 0 fully saturated rings. The van der Waals surface area contributed by atoms with Gasteiger partial charge in [-0.3, -0.25) is 5.32 Å². The summed E-state index contributed by atoms with van der Waals surface area (Å²) in [4.78, 5) is 0. The van der Waals surface area contributed by atoms with Gasteiger partial charge in [0.25, 0.3) is 0 Å². The van der Waals surface area contributed by atoms with Crippen molar-refractivity contribution in [3.63, 3.8) is 0 Å². The Bertz CT molecular complexity index is 151. The van der Waals surface area contributed by atoms with Gasteiger partial charge in [0.2, 0.25) is 0 Å². The SMILES string of the molecule is C=CCNC(C#N)(CC)CC. The van der Waals surface area contributed by atoms with Crippen LogP contribution >= 0.6 is 0 Å². The monoisotopic (exact) mass is 152 g/mol. The standard InChI is InChI=1S/C9H16N2/c1-4-7-11-9(5-2,6-3)8-10/h4,11H,1,5-7H2,2-3H3. The largest absolute Gasteiger partial charge is 0.296 e. The highest BCUT2D eigenvalue weighted by atomic mass is 15.0. The number of hydrogen-bond donors (Lipinski definition) is 1. The number of nitriles is 1. The van der Waals surface area contributed by atoms with E-state index < -0.39 is 0 Å². The topological polar surface area (TPSA) is 35.8 Å². The molecule has 2 nitrogen and oxygen atoms in total. The van der Waals surface area contributed by atoms with Crippen molar-refractivity contribution in [2.24, 2.45) is 0 Å². The van der Waals surface area contributed by atoms with Crippen molar-refractivity contribution in [2.75, 3.05) is 6.54 Å². The van der Waals surface area contributed by atoms with E-state index in [-0.39, 0.29) is 5.54 Å². The second-order valence-corrected chi connectivity index (χ2v) is 2.57. The lowest BCUT2D eigenvalue weighted by Gasteiger charge is -2.23. The van der Waals surface area contributed by atoms with E-state index in [1.165, 1.54) is 0 Å². The second-order valence-electron chi connectivity index (χ2n) is 2.57. The summed E-state index contributed by atoms with van der Waals surface area (Å²) in [6.07, 6.45) is 3.46. The Kier molecular flexibility index (Phi) is 4.56. The van der Waals surface area contributed by atoms with Gasteiger partial charge >= 0.3 is 0 Å². The number of nitrogens with one attached hydrogen (secondary N) is 1. The molecule has 0 unspecified atom stereocenters. The molecule has 0 amide bonds. The first-order valence-electron chi connectivity index (χ1n) is 4.01. The number of rotatable bonds is 5. The maximum Gasteiger partial charge on any atom is 0.106 e. The zero-order valence-electron chi connectivity index (χ0n) is 7.35. The molecule has 0 saturated heterocycles. The van der Waals surface area contributed by atoms with Crippen molar-refractivity contribution in [3.05, 3.63) is 12.7 Å². The van der Waals surface area contributed by atoms with Crippen LogP contribution in [0, 0.1) is 11.3 Å². The molecule has 0 aromatic heterocycles. The van der Waals surface area contributed by atoms with Crippen LogP contribution in [0.3, 0.4) is 0 Å². The van der Waals surface area contributed by atoms with Crippen LogP contribution in [0.25, 0.3) is 0 Å². The third kappa shape index (κ3) is 2.73. The molecule has 0 saturated carbocycles. The molecule has 0 bridgehead atoms. The van der Waals surface area contributed by atoms with Crippen molar-refractivity contribution in [2.45, 2.75) is 32.2 Å². The third-order valence-electron chi connectivity index (χ3n) is 2.01. The molecule has 0 radical (unpaired) electrons. The van der Waals surface area contributed by atoms with Crippen LogP contribution in [-0.4, -0.2) is 12.1 Å². The second kappa shape index (κ2) is 4.92. The molecular weight excluding hydrogens is 136 g/mol. The average Bonchev–Trinajstić information content (AvgIpc) is 2.08. The first-order valence-corrected chi connectivity index (χ1v) is 4.01. The molecule has 0 aliphatic rings. The Morgan fingerprint density at radius 2 is 2.09 bits per heavy atom. The molecule has 62 valence electrons. The smallest absolute Gasteiger partial charge is 0.106 e. The van der Waals surface area contributed by atoms with Crippen LogP contribution in [0.15, 0.2) is 12.7 Å². The van der Waals surface area contributed by atoms with Crippen LogP contribution in [0.2, 0.25) is 0 Å². The van der Waals surface area contributed by atoms with Crippen LogP contribution in [-0.2, 0) is 0 Å². The summed E-state index contributed by atoms with van der Waals surface area (Å²) in [5.41, 5.74) is -0.339. The highest BCUT2D eigenvalue weighted by Gasteiger charge is 2.23. The summed E-state index contributed by atoms with van der Waals surface area (Å²) in [6, 6.07) is 2.29. The Morgan fingerprint density at radius 1 is 1.55 bits per heavy atom. The summed E-state index contributed by atoms with van der Waals surface area (Å²) in [7, 11) is 0. The van der Waals surface area contributed by atoms with Gasteiger partial charge in [-0.1, -0.05) is 19.9 Å². The first-order chi connectivity index (χ1) is 5.24. The van der Waals surface area contributed by atoms with Gasteiger partial charge < -0.3 is 0 Å². The van der Waals surface area contributed by atoms with Crippen LogP contribution in [0.4, 0.5) is 0 Å². The van der Waals surface area contributed by atoms with Crippen molar-refractivity contribution >= 4 is 0 Å². The van der Waals surface area contributed by atoms with Crippen molar-refractivity contribution in [1.82, 2.24) is 5.32 Å². The van der Waals surface area contributed by atoms with Gasteiger partial charge in [-0.25, -0.2) is 0 Å². The fourth-order valence-corrected chi connectivity index (χ4v) is 0.965. The number of hydrogen-bond acceptors (Lipinski definition) is 2. The molecule has 1 N–H and O–H groups in total. The lowest BCUT2D eigenvalue weighted by Crippen LogP contribution is -2.42. The predicted molar refractivity (Wildman–Crippen MR) is 47.1 cm³/mol. The van der Waals surface area contributed by atoms with E-state index >= 15 is 0 Å². The Hall–Kier alpha value is -0.810. The lowest BCUT2D eigenvalue weighted by atomic mass is 9.95. The molecule has 0 rings (SSSR count). The maximum atomic E-state index is 8.86. The fraction of sp³-hybridized carbons (Fsp3) is 0.667. The van der Waals surface area contributed by atoms with Crippen LogP contribution < -0.4 is 5.32 Å². The van der Waals surface area contributed by atoms with E-state index in [0.717, 1.165) is 12.8 Å². The molecule has 0 aromatic rings. The minimum absolute atomic E-state index is 0.339. The average molecular weight is 152 g/mol. The molecular formula is C9H16N2. The molecule has 0 atom stereocenters. The van der Waals surface area contributed by atoms with Gasteiger partial charge in [-0.2, -0.15) is 5.26 Å². The maximum absolute atomic E-state index is 8.86. The van der Waals surface area contributed by atoms with E-state index in [9.17, 15) is 0 Å². The Labute approximate surface area is 68.9 Å². The fourth-order valence-electron chi connectivity index (χ4n) is 0.965. The Morgan fingerprint density at radius 3 is 2.36 bits per heavy atom. The van der Waals surface area contributed by atoms with Gasteiger partial charge in [0, 0.05) is 6.54 Å². The van der Waals surface area contributed by atoms with E-state index in [1.807, 2.05) is 13.8 Å². The zero-order valence-corrected chi connectivity index (χ0v) is 7.35. The molecule has 0 aromatic carbocycles. The predicted octanol–water partition coefficient (Wildman–Crippen LogP) is 1.84. The first kappa shape index (κ1) is 10.2. The Balaban J connectivity index is 4.07. The van der Waals surface area contributed by atoms with E-state index in [0.29, 0.717) is 6.54 Å². The van der Waals surface area contributed by atoms with Gasteiger partial charge in [-0.05, 0) is 12.8 Å². The minimum Gasteiger partial charge on any atom is -0.296 e. The molecule has 0 heterocycles. The summed E-state index contributed by atoms with van der Waals surface area (Å²) in [5, 5.41) is 12.0. The summed E-state index contributed by atoms with van der Waals surface area (Å²) in [5.74, 6) is 0. The van der Waals surface area contributed by atoms with E-state index in [4.69, 9.17) is 5.26 Å². The third-order valence-corrected chi connectivity index (χ3v) is 2.01. The summed E-state index contributed by atoms with van der Waals surface area (Å²) >= 11 is 0. The van der Waals surface area contributed by atoms with Crippen molar-refractivity contribution < 1.29 is 0 Å². The highest BCUT2D eigenvalue weighted by molar-refractivity contribution is 5.06. The van der Waals surface area contributed by atoms with Crippen LogP contribution in [0.1, 0.15) is 26.7 Å². The number of nitrogens with zero attached hydrogens (tertiary/aromatic N) is 1. The minimum atomic E-state index is -0.339. The normalized spacial score (nSPS) is 10.6. The quantitative estimate of drug-likeness (QED) is 0.610. The summed E-state index contributed by atoms with van der Waals surface area (Å²) < 4.78 is 0. The molecule has 11 heavy (non-hydrogen) atoms. The van der Waals surface area contributed by atoms with E-state index in [1.54, 1.807) is 6.08 Å². The molecule has 0 aliphatic heterocycles. The van der Waals surface area contributed by atoms with E-state index in [2.05, 4.69) is 18.0 Å². The molecule has 0 spiro atoms. The molecule has 0 aliphatic carbocycles. The molecule has 2 heteroatoms. The van der Waals surface area contributed by atoms with Crippen molar-refractivity contribution in [3.8, 4) is 6.07 Å². The van der Waals surface area contributed by atoms with Gasteiger partial charge in [-0.15, -0.1) is 6.58 Å². The zero-order chi connectivity index (χ0) is 8.74. The van der Waals surface area contributed by atoms with Gasteiger partial charge in [0.05, 0.1) is 6.07 Å². The highest BCUT2D eigenvalue weighted by Crippen LogP contribution is 2.12. The van der Waals surface area contributed by atoms with Gasteiger partial charge in [0.1, 0.15) is 5.54 Å². The summed E-state index contributed by atoms with van der Waals surface area (Å²) in [6.45, 7) is 8.33. The van der Waals surface area contributed by atoms with Gasteiger partial charge in [0.15, 0.2) is 0 Å². The van der Waals surface area contributed by atoms with Crippen LogP contribution in [0.5, 0.6) is 0 Å². The van der Waals surface area contributed by atoms with Crippen molar-refractivity contribution in [1.29, 1.82) is 5.26 Å². The lowest BCUT2D eigenvalue weighted by molar-refractivity contribution is 0.405.